The number of carbonyl (C=O) groups excluding carboxylic acids is 1. The summed E-state index contributed by atoms with van der Waals surface area (Å²) < 4.78 is 1.97. The molecule has 4 aliphatic carbocycles. The van der Waals surface area contributed by atoms with E-state index in [2.05, 4.69) is 38.0 Å². The van der Waals surface area contributed by atoms with Gasteiger partial charge in [0.15, 0.2) is 5.78 Å². The van der Waals surface area contributed by atoms with Gasteiger partial charge in [0, 0.05) is 18.2 Å². The smallest absolute Gasteiger partial charge is 0.165 e. The van der Waals surface area contributed by atoms with E-state index in [1.807, 2.05) is 16.9 Å². The first-order chi connectivity index (χ1) is 13.9. The molecular formula is C25H34N2O2. The largest absolute Gasteiger partial charge is 0.393 e. The van der Waals surface area contributed by atoms with E-state index in [-0.39, 0.29) is 16.9 Å². The Bertz CT molecular complexity index is 896. The summed E-state index contributed by atoms with van der Waals surface area (Å²) in [7, 11) is 0. The van der Waals surface area contributed by atoms with E-state index >= 15 is 0 Å². The van der Waals surface area contributed by atoms with Gasteiger partial charge in [-0.3, -0.25) is 9.48 Å². The second-order valence-corrected chi connectivity index (χ2v) is 10.4. The number of Topliss-reactive ketones (excluding diaryl/α,β-unsaturated/α-hetero) is 1. The van der Waals surface area contributed by atoms with Crippen LogP contribution in [-0.4, -0.2) is 26.8 Å². The van der Waals surface area contributed by atoms with Crippen LogP contribution in [0.1, 0.15) is 71.4 Å². The van der Waals surface area contributed by atoms with Gasteiger partial charge in [-0.25, -0.2) is 0 Å². The molecule has 0 saturated heterocycles. The van der Waals surface area contributed by atoms with Crippen molar-refractivity contribution in [1.82, 2.24) is 9.78 Å². The number of fused-ring (bicyclic) bond motifs is 5. The summed E-state index contributed by atoms with van der Waals surface area (Å²) in [4.78, 5) is 13.5. The topological polar surface area (TPSA) is 55.1 Å². The van der Waals surface area contributed by atoms with Crippen LogP contribution in [0.5, 0.6) is 0 Å². The lowest BCUT2D eigenvalue weighted by Gasteiger charge is -2.56. The number of aryl methyl sites for hydroxylation is 1. The Labute approximate surface area is 174 Å². The van der Waals surface area contributed by atoms with Crippen LogP contribution in [0.25, 0.3) is 6.08 Å². The second-order valence-electron chi connectivity index (χ2n) is 10.4. The van der Waals surface area contributed by atoms with Crippen LogP contribution in [0.15, 0.2) is 29.5 Å². The Kier molecular flexibility index (Phi) is 4.43. The van der Waals surface area contributed by atoms with Gasteiger partial charge in [-0.2, -0.15) is 5.10 Å². The first kappa shape index (κ1) is 19.3. The lowest BCUT2D eigenvalue weighted by Crippen LogP contribution is -2.50. The Hall–Kier alpha value is -1.68. The minimum Gasteiger partial charge on any atom is -0.393 e. The molecule has 0 aromatic carbocycles. The van der Waals surface area contributed by atoms with Gasteiger partial charge in [0.05, 0.1) is 11.8 Å². The molecule has 3 saturated carbocycles. The van der Waals surface area contributed by atoms with Crippen LogP contribution in [0.3, 0.4) is 0 Å². The van der Waals surface area contributed by atoms with Crippen LogP contribution in [-0.2, 0) is 11.3 Å². The highest BCUT2D eigenvalue weighted by atomic mass is 16.3. The molecule has 0 unspecified atom stereocenters. The van der Waals surface area contributed by atoms with E-state index in [1.165, 1.54) is 5.57 Å². The van der Waals surface area contributed by atoms with Crippen molar-refractivity contribution >= 4 is 11.9 Å². The maximum absolute atomic E-state index is 13.5. The van der Waals surface area contributed by atoms with Gasteiger partial charge >= 0.3 is 0 Å². The first-order valence-corrected chi connectivity index (χ1v) is 11.5. The number of hydrogen-bond acceptors (Lipinski definition) is 3. The highest BCUT2D eigenvalue weighted by molar-refractivity contribution is 6.05. The monoisotopic (exact) mass is 394 g/mol. The molecule has 1 N–H and O–H groups in total. The lowest BCUT2D eigenvalue weighted by molar-refractivity contribution is -0.130. The highest BCUT2D eigenvalue weighted by Gasteiger charge is 2.59. The fourth-order valence-electron chi connectivity index (χ4n) is 7.35. The summed E-state index contributed by atoms with van der Waals surface area (Å²) in [6, 6.07) is 2.01. The number of ketones is 1. The molecule has 4 nitrogen and oxygen atoms in total. The molecule has 0 aliphatic heterocycles. The minimum atomic E-state index is -0.208. The molecule has 4 aliphatic rings. The van der Waals surface area contributed by atoms with E-state index in [4.69, 9.17) is 0 Å². The van der Waals surface area contributed by atoms with E-state index in [1.54, 1.807) is 0 Å². The summed E-state index contributed by atoms with van der Waals surface area (Å²) in [6.07, 6.45) is 13.2. The van der Waals surface area contributed by atoms with E-state index in [0.29, 0.717) is 23.5 Å². The molecule has 6 atom stereocenters. The van der Waals surface area contributed by atoms with Crippen molar-refractivity contribution in [3.05, 3.63) is 35.2 Å². The zero-order chi connectivity index (χ0) is 20.4. The number of hydrogen-bond donors (Lipinski definition) is 1. The van der Waals surface area contributed by atoms with Crippen molar-refractivity contribution in [3.8, 4) is 0 Å². The average molecular weight is 395 g/mol. The predicted molar refractivity (Wildman–Crippen MR) is 114 cm³/mol. The van der Waals surface area contributed by atoms with Gasteiger partial charge < -0.3 is 5.11 Å². The number of allylic oxidation sites excluding steroid dienone is 2. The second kappa shape index (κ2) is 6.66. The number of aromatic nitrogens is 2. The fourth-order valence-corrected chi connectivity index (χ4v) is 7.35. The van der Waals surface area contributed by atoms with Gasteiger partial charge in [0.2, 0.25) is 0 Å². The van der Waals surface area contributed by atoms with Gasteiger partial charge in [-0.1, -0.05) is 25.5 Å². The molecule has 5 rings (SSSR count). The Morgan fingerprint density at radius 2 is 2.00 bits per heavy atom. The number of aliphatic hydroxyl groups is 1. The van der Waals surface area contributed by atoms with Gasteiger partial charge in [0.1, 0.15) is 0 Å². The maximum atomic E-state index is 13.5. The predicted octanol–water partition coefficient (Wildman–Crippen LogP) is 4.79. The van der Waals surface area contributed by atoms with Crippen molar-refractivity contribution < 1.29 is 9.90 Å². The van der Waals surface area contributed by atoms with Crippen molar-refractivity contribution in [2.45, 2.75) is 78.4 Å². The van der Waals surface area contributed by atoms with Crippen LogP contribution >= 0.6 is 0 Å². The molecule has 1 heterocycles. The number of carbonyl (C=O) groups is 1. The molecule has 156 valence electrons. The standard InChI is InChI=1S/C25H34N2O2/c1-4-27-18(9-12-26-27)13-16-14-22-20-6-5-17-15-19(28)7-10-24(17,2)21(20)8-11-25(22,3)23(16)29/h5,9,12-13,19-22,28H,4,6-8,10-11,14-15H2,1-3H3/b16-13-/t19-,20-,21+,22+,24-,25-/m0/s1. The summed E-state index contributed by atoms with van der Waals surface area (Å²) in [5.41, 5.74) is 3.56. The van der Waals surface area contributed by atoms with Crippen molar-refractivity contribution in [1.29, 1.82) is 0 Å². The Morgan fingerprint density at radius 3 is 2.79 bits per heavy atom. The molecule has 1 aromatic rings. The third kappa shape index (κ3) is 2.74. The molecule has 0 amide bonds. The van der Waals surface area contributed by atoms with E-state index < -0.39 is 0 Å². The first-order valence-electron chi connectivity index (χ1n) is 11.5. The fraction of sp³-hybridized carbons (Fsp3) is 0.680. The van der Waals surface area contributed by atoms with E-state index in [9.17, 15) is 9.90 Å². The van der Waals surface area contributed by atoms with Crippen molar-refractivity contribution in [2.75, 3.05) is 0 Å². The molecule has 0 spiro atoms. The van der Waals surface area contributed by atoms with Crippen LogP contribution < -0.4 is 0 Å². The van der Waals surface area contributed by atoms with Crippen LogP contribution in [0.2, 0.25) is 0 Å². The summed E-state index contributed by atoms with van der Waals surface area (Å²) in [5.74, 6) is 2.06. The third-order valence-electron chi connectivity index (χ3n) is 9.09. The Balaban J connectivity index is 1.48. The summed E-state index contributed by atoms with van der Waals surface area (Å²) in [5, 5.41) is 14.6. The zero-order valence-corrected chi connectivity index (χ0v) is 18.0. The molecule has 1 aromatic heterocycles. The van der Waals surface area contributed by atoms with Gasteiger partial charge in [-0.05, 0) is 92.8 Å². The van der Waals surface area contributed by atoms with E-state index in [0.717, 1.165) is 62.8 Å². The van der Waals surface area contributed by atoms with Crippen molar-refractivity contribution in [3.63, 3.8) is 0 Å². The quantitative estimate of drug-likeness (QED) is 0.580. The van der Waals surface area contributed by atoms with Crippen LogP contribution in [0.4, 0.5) is 0 Å². The van der Waals surface area contributed by atoms with Crippen molar-refractivity contribution in [2.24, 2.45) is 28.6 Å². The molecular weight excluding hydrogens is 360 g/mol. The average Bonchev–Trinajstić information content (AvgIpc) is 3.25. The molecule has 3 fully saturated rings. The molecule has 29 heavy (non-hydrogen) atoms. The minimum absolute atomic E-state index is 0.161. The normalized spacial score (nSPS) is 43.0. The van der Waals surface area contributed by atoms with Gasteiger partial charge in [-0.15, -0.1) is 0 Å². The maximum Gasteiger partial charge on any atom is 0.165 e. The third-order valence-corrected chi connectivity index (χ3v) is 9.09. The number of nitrogens with zero attached hydrogens (tertiary/aromatic N) is 2. The summed E-state index contributed by atoms with van der Waals surface area (Å²) >= 11 is 0. The SMILES string of the molecule is CCn1nccc1/C=C1/C[C@@H]2[C@H]3CC=C4C[C@@H](O)CC[C@]4(C)[C@@H]3CC[C@]2(C)C1=O. The molecule has 0 radical (unpaired) electrons. The number of rotatable bonds is 2. The van der Waals surface area contributed by atoms with Crippen LogP contribution in [0, 0.1) is 28.6 Å². The zero-order valence-electron chi connectivity index (χ0n) is 18.0. The molecule has 4 heteroatoms. The molecule has 0 bridgehead atoms. The number of aliphatic hydroxyl groups excluding tert-OH is 1. The lowest BCUT2D eigenvalue weighted by atomic mass is 9.48. The highest BCUT2D eigenvalue weighted by Crippen LogP contribution is 2.64. The summed E-state index contributed by atoms with van der Waals surface area (Å²) in [6.45, 7) is 7.59. The Morgan fingerprint density at radius 1 is 1.21 bits per heavy atom. The van der Waals surface area contributed by atoms with Gasteiger partial charge in [0.25, 0.3) is 0 Å².